The number of hydrogen-bond acceptors (Lipinski definition) is 4. The molecule has 2 heterocycles. The Bertz CT molecular complexity index is 545. The Balaban J connectivity index is 2.54. The van der Waals surface area contributed by atoms with Crippen LogP contribution in [0.5, 0.6) is 5.88 Å². The summed E-state index contributed by atoms with van der Waals surface area (Å²) >= 11 is 0. The van der Waals surface area contributed by atoms with Gasteiger partial charge in [-0.25, -0.2) is 4.98 Å². The molecule has 2 rings (SSSR count). The van der Waals surface area contributed by atoms with Crippen molar-refractivity contribution < 1.29 is 9.53 Å². The van der Waals surface area contributed by atoms with Crippen molar-refractivity contribution in [3.05, 3.63) is 18.0 Å². The minimum atomic E-state index is -0.369. The molecule has 0 bridgehead atoms. The number of carbonyl (C=O) groups is 1. The average molecular weight is 219 g/mol. The zero-order valence-electron chi connectivity index (χ0n) is 9.52. The van der Waals surface area contributed by atoms with Gasteiger partial charge in [0, 0.05) is 19.5 Å². The minimum Gasteiger partial charge on any atom is -0.408 e. The van der Waals surface area contributed by atoms with Gasteiger partial charge in [-0.2, -0.15) is 4.98 Å². The van der Waals surface area contributed by atoms with Crippen molar-refractivity contribution in [3.63, 3.8) is 0 Å². The van der Waals surface area contributed by atoms with Crippen molar-refractivity contribution in [1.29, 1.82) is 0 Å². The predicted octanol–water partition coefficient (Wildman–Crippen LogP) is 1.68. The first-order valence-corrected chi connectivity index (χ1v) is 5.14. The third-order valence-electron chi connectivity index (χ3n) is 2.32. The van der Waals surface area contributed by atoms with E-state index in [1.54, 1.807) is 12.1 Å². The molecular formula is C11H13N3O2. The second kappa shape index (κ2) is 3.92. The van der Waals surface area contributed by atoms with Crippen LogP contribution >= 0.6 is 0 Å². The van der Waals surface area contributed by atoms with Crippen LogP contribution in [0.15, 0.2) is 12.1 Å². The first-order chi connectivity index (χ1) is 7.61. The Morgan fingerprint density at radius 3 is 2.81 bits per heavy atom. The average Bonchev–Trinajstić information content (AvgIpc) is 2.52. The van der Waals surface area contributed by atoms with E-state index in [9.17, 15) is 4.79 Å². The SMILES string of the molecule is CCn1c(C)nc2ccc(OC(C)=O)nc21. The van der Waals surface area contributed by atoms with Crippen LogP contribution in [0.4, 0.5) is 0 Å². The molecule has 0 radical (unpaired) electrons. The number of ether oxygens (including phenoxy) is 1. The van der Waals surface area contributed by atoms with Gasteiger partial charge in [-0.05, 0) is 19.9 Å². The van der Waals surface area contributed by atoms with Crippen molar-refractivity contribution in [1.82, 2.24) is 14.5 Å². The highest BCUT2D eigenvalue weighted by atomic mass is 16.5. The van der Waals surface area contributed by atoms with Crippen molar-refractivity contribution >= 4 is 17.1 Å². The summed E-state index contributed by atoms with van der Waals surface area (Å²) < 4.78 is 6.91. The summed E-state index contributed by atoms with van der Waals surface area (Å²) in [4.78, 5) is 19.5. The van der Waals surface area contributed by atoms with Gasteiger partial charge in [0.1, 0.15) is 11.3 Å². The number of pyridine rings is 1. The number of carbonyl (C=O) groups excluding carboxylic acids is 1. The summed E-state index contributed by atoms with van der Waals surface area (Å²) in [6.07, 6.45) is 0. The zero-order valence-corrected chi connectivity index (χ0v) is 9.52. The number of fused-ring (bicyclic) bond motifs is 1. The molecule has 0 unspecified atom stereocenters. The first kappa shape index (κ1) is 10.6. The van der Waals surface area contributed by atoms with E-state index in [0.717, 1.165) is 23.5 Å². The van der Waals surface area contributed by atoms with Gasteiger partial charge in [0.25, 0.3) is 0 Å². The molecule has 0 amide bonds. The van der Waals surface area contributed by atoms with E-state index < -0.39 is 0 Å². The molecule has 0 atom stereocenters. The van der Waals surface area contributed by atoms with Crippen LogP contribution < -0.4 is 4.74 Å². The molecule has 0 saturated heterocycles. The van der Waals surface area contributed by atoms with E-state index >= 15 is 0 Å². The lowest BCUT2D eigenvalue weighted by molar-refractivity contribution is -0.132. The fourth-order valence-electron chi connectivity index (χ4n) is 1.68. The summed E-state index contributed by atoms with van der Waals surface area (Å²) in [5.74, 6) is 0.853. The summed E-state index contributed by atoms with van der Waals surface area (Å²) in [6, 6.07) is 3.45. The van der Waals surface area contributed by atoms with Gasteiger partial charge in [-0.1, -0.05) is 0 Å². The maximum atomic E-state index is 10.8. The lowest BCUT2D eigenvalue weighted by Crippen LogP contribution is -2.04. The number of nitrogens with zero attached hydrogens (tertiary/aromatic N) is 3. The lowest BCUT2D eigenvalue weighted by atomic mass is 10.4. The minimum absolute atomic E-state index is 0.314. The molecule has 84 valence electrons. The maximum absolute atomic E-state index is 10.8. The Morgan fingerprint density at radius 2 is 2.19 bits per heavy atom. The van der Waals surface area contributed by atoms with Crippen LogP contribution in [0.3, 0.4) is 0 Å². The lowest BCUT2D eigenvalue weighted by Gasteiger charge is -2.02. The van der Waals surface area contributed by atoms with Crippen molar-refractivity contribution in [2.45, 2.75) is 27.3 Å². The number of aryl methyl sites for hydroxylation is 2. The van der Waals surface area contributed by atoms with E-state index in [2.05, 4.69) is 9.97 Å². The molecule has 0 aliphatic heterocycles. The van der Waals surface area contributed by atoms with Gasteiger partial charge >= 0.3 is 5.97 Å². The van der Waals surface area contributed by atoms with Crippen LogP contribution in [0.25, 0.3) is 11.2 Å². The molecule has 0 saturated carbocycles. The third kappa shape index (κ3) is 1.76. The quantitative estimate of drug-likeness (QED) is 0.721. The second-order valence-corrected chi connectivity index (χ2v) is 3.49. The Kier molecular flexibility index (Phi) is 2.60. The number of rotatable bonds is 2. The molecule has 0 spiro atoms. The number of aromatic nitrogens is 3. The fourth-order valence-corrected chi connectivity index (χ4v) is 1.68. The molecule has 2 aromatic rings. The molecule has 5 nitrogen and oxygen atoms in total. The van der Waals surface area contributed by atoms with Crippen molar-refractivity contribution in [3.8, 4) is 5.88 Å². The highest BCUT2D eigenvalue weighted by molar-refractivity contribution is 5.74. The van der Waals surface area contributed by atoms with Crippen LogP contribution in [0, 0.1) is 6.92 Å². The van der Waals surface area contributed by atoms with E-state index in [0.29, 0.717) is 5.88 Å². The summed E-state index contributed by atoms with van der Waals surface area (Å²) in [7, 11) is 0. The molecule has 0 aliphatic rings. The van der Waals surface area contributed by atoms with Crippen LogP contribution in [-0.4, -0.2) is 20.5 Å². The zero-order chi connectivity index (χ0) is 11.7. The Hall–Kier alpha value is -1.91. The monoisotopic (exact) mass is 219 g/mol. The molecular weight excluding hydrogens is 206 g/mol. The van der Waals surface area contributed by atoms with Gasteiger partial charge in [0.2, 0.25) is 5.88 Å². The van der Waals surface area contributed by atoms with E-state index in [1.165, 1.54) is 6.92 Å². The molecule has 0 N–H and O–H groups in total. The molecule has 16 heavy (non-hydrogen) atoms. The van der Waals surface area contributed by atoms with Crippen LogP contribution in [0.1, 0.15) is 19.7 Å². The number of hydrogen-bond donors (Lipinski definition) is 0. The summed E-state index contributed by atoms with van der Waals surface area (Å²) in [5, 5.41) is 0. The van der Waals surface area contributed by atoms with Gasteiger partial charge in [0.05, 0.1) is 0 Å². The van der Waals surface area contributed by atoms with Crippen molar-refractivity contribution in [2.24, 2.45) is 0 Å². The number of imidazole rings is 1. The smallest absolute Gasteiger partial charge is 0.309 e. The Labute approximate surface area is 93.1 Å². The van der Waals surface area contributed by atoms with Gasteiger partial charge in [-0.3, -0.25) is 4.79 Å². The first-order valence-electron chi connectivity index (χ1n) is 5.14. The van der Waals surface area contributed by atoms with Gasteiger partial charge in [0.15, 0.2) is 5.65 Å². The van der Waals surface area contributed by atoms with Crippen LogP contribution in [-0.2, 0) is 11.3 Å². The van der Waals surface area contributed by atoms with E-state index in [1.807, 2.05) is 18.4 Å². The molecule has 0 aromatic carbocycles. The third-order valence-corrected chi connectivity index (χ3v) is 2.32. The molecule has 5 heteroatoms. The fraction of sp³-hybridized carbons (Fsp3) is 0.364. The van der Waals surface area contributed by atoms with Gasteiger partial charge in [-0.15, -0.1) is 0 Å². The second-order valence-electron chi connectivity index (χ2n) is 3.49. The highest BCUT2D eigenvalue weighted by Crippen LogP contribution is 2.17. The summed E-state index contributed by atoms with van der Waals surface area (Å²) in [5.41, 5.74) is 1.56. The Morgan fingerprint density at radius 1 is 1.44 bits per heavy atom. The van der Waals surface area contributed by atoms with E-state index in [4.69, 9.17) is 4.74 Å². The molecule has 2 aromatic heterocycles. The van der Waals surface area contributed by atoms with Crippen molar-refractivity contribution in [2.75, 3.05) is 0 Å². The topological polar surface area (TPSA) is 57.0 Å². The van der Waals surface area contributed by atoms with Gasteiger partial charge < -0.3 is 9.30 Å². The maximum Gasteiger partial charge on any atom is 0.309 e. The summed E-state index contributed by atoms with van der Waals surface area (Å²) in [6.45, 7) is 6.10. The van der Waals surface area contributed by atoms with E-state index in [-0.39, 0.29) is 5.97 Å². The number of esters is 1. The standard InChI is InChI=1S/C11H13N3O2/c1-4-14-7(2)12-9-5-6-10(13-11(9)14)16-8(3)15/h5-6H,4H2,1-3H3. The largest absolute Gasteiger partial charge is 0.408 e. The molecule has 0 fully saturated rings. The normalized spacial score (nSPS) is 10.7. The predicted molar refractivity (Wildman–Crippen MR) is 59.2 cm³/mol. The van der Waals surface area contributed by atoms with Crippen LogP contribution in [0.2, 0.25) is 0 Å². The molecule has 0 aliphatic carbocycles. The highest BCUT2D eigenvalue weighted by Gasteiger charge is 2.09.